The second-order valence-corrected chi connectivity index (χ2v) is 16.2. The molecule has 298 valence electrons. The summed E-state index contributed by atoms with van der Waals surface area (Å²) >= 11 is 0. The van der Waals surface area contributed by atoms with Crippen molar-refractivity contribution in [3.8, 4) is 0 Å². The standard InChI is InChI=1S/C48H95NO/c1-3-5-7-9-11-13-15-17-19-21-23-25-27-29-31-33-35-37-39-41-43-45-47-49-48(50)46-44-42-40-38-36-34-32-30-28-26-24-22-20-18-16-14-12-10-8-6-4-2/h18,20H,3-17,19,21-47H2,1-2H3,(H,49,50)/b20-18-. The van der Waals surface area contributed by atoms with Crippen molar-refractivity contribution < 1.29 is 4.79 Å². The monoisotopic (exact) mass is 702 g/mol. The van der Waals surface area contributed by atoms with Gasteiger partial charge in [-0.3, -0.25) is 4.79 Å². The Hall–Kier alpha value is -0.790. The van der Waals surface area contributed by atoms with Crippen LogP contribution in [0.4, 0.5) is 0 Å². The molecule has 0 aliphatic heterocycles. The van der Waals surface area contributed by atoms with Crippen molar-refractivity contribution in [3.63, 3.8) is 0 Å². The van der Waals surface area contributed by atoms with E-state index in [9.17, 15) is 4.79 Å². The molecule has 2 nitrogen and oxygen atoms in total. The Labute approximate surface area is 317 Å². The van der Waals surface area contributed by atoms with E-state index >= 15 is 0 Å². The number of hydrogen-bond acceptors (Lipinski definition) is 1. The highest BCUT2D eigenvalue weighted by Crippen LogP contribution is 2.16. The lowest BCUT2D eigenvalue weighted by atomic mass is 10.0. The van der Waals surface area contributed by atoms with Crippen LogP contribution < -0.4 is 5.32 Å². The van der Waals surface area contributed by atoms with Gasteiger partial charge in [0.05, 0.1) is 0 Å². The Balaban J connectivity index is 3.17. The third-order valence-corrected chi connectivity index (χ3v) is 11.0. The first kappa shape index (κ1) is 49.2. The summed E-state index contributed by atoms with van der Waals surface area (Å²) in [6.07, 6.45) is 62.6. The van der Waals surface area contributed by atoms with Crippen LogP contribution in [0.5, 0.6) is 0 Å². The summed E-state index contributed by atoms with van der Waals surface area (Å²) in [6, 6.07) is 0. The lowest BCUT2D eigenvalue weighted by molar-refractivity contribution is -0.121. The quantitative estimate of drug-likeness (QED) is 0.0497. The minimum atomic E-state index is 0.279. The van der Waals surface area contributed by atoms with Crippen LogP contribution in [0, 0.1) is 0 Å². The number of unbranched alkanes of at least 4 members (excludes halogenated alkanes) is 38. The zero-order chi connectivity index (χ0) is 36.1. The maximum Gasteiger partial charge on any atom is 0.219 e. The van der Waals surface area contributed by atoms with Crippen LogP contribution in [0.1, 0.15) is 284 Å². The van der Waals surface area contributed by atoms with E-state index in [1.807, 2.05) is 0 Å². The molecule has 0 saturated carbocycles. The summed E-state index contributed by atoms with van der Waals surface area (Å²) in [6.45, 7) is 5.48. The van der Waals surface area contributed by atoms with Crippen LogP contribution in [0.25, 0.3) is 0 Å². The molecule has 1 amide bonds. The predicted molar refractivity (Wildman–Crippen MR) is 227 cm³/mol. The number of allylic oxidation sites excluding steroid dienone is 2. The van der Waals surface area contributed by atoms with Gasteiger partial charge in [0.25, 0.3) is 0 Å². The van der Waals surface area contributed by atoms with Crippen LogP contribution in [0.2, 0.25) is 0 Å². The molecule has 50 heavy (non-hydrogen) atoms. The highest BCUT2D eigenvalue weighted by molar-refractivity contribution is 5.75. The van der Waals surface area contributed by atoms with Crippen molar-refractivity contribution in [1.82, 2.24) is 5.32 Å². The first-order valence-electron chi connectivity index (χ1n) is 23.7. The second-order valence-electron chi connectivity index (χ2n) is 16.2. The van der Waals surface area contributed by atoms with E-state index in [0.29, 0.717) is 0 Å². The van der Waals surface area contributed by atoms with E-state index in [4.69, 9.17) is 0 Å². The summed E-state index contributed by atoms with van der Waals surface area (Å²) in [5, 5.41) is 3.16. The molecule has 2 heteroatoms. The maximum atomic E-state index is 12.1. The SMILES string of the molecule is CCCCCCCC/C=C\CCCCCCCCCCCCCC(=O)NCCCCCCCCCCCCCCCCCCCCCCCC. The lowest BCUT2D eigenvalue weighted by Gasteiger charge is -2.06. The van der Waals surface area contributed by atoms with Crippen molar-refractivity contribution in [2.45, 2.75) is 284 Å². The van der Waals surface area contributed by atoms with Gasteiger partial charge in [0.2, 0.25) is 5.91 Å². The normalized spacial score (nSPS) is 11.6. The second kappa shape index (κ2) is 46.2. The number of nitrogens with one attached hydrogen (secondary N) is 1. The van der Waals surface area contributed by atoms with Gasteiger partial charge >= 0.3 is 0 Å². The molecule has 0 heterocycles. The molecular formula is C48H95NO. The van der Waals surface area contributed by atoms with E-state index < -0.39 is 0 Å². The third-order valence-electron chi connectivity index (χ3n) is 11.0. The molecule has 0 rings (SSSR count). The molecule has 1 N–H and O–H groups in total. The Bertz CT molecular complexity index is 642. The van der Waals surface area contributed by atoms with Gasteiger partial charge < -0.3 is 5.32 Å². The van der Waals surface area contributed by atoms with E-state index in [0.717, 1.165) is 25.8 Å². The van der Waals surface area contributed by atoms with Crippen LogP contribution in [0.3, 0.4) is 0 Å². The zero-order valence-corrected chi connectivity index (χ0v) is 35.0. The Morgan fingerprint density at radius 2 is 0.560 bits per heavy atom. The largest absolute Gasteiger partial charge is 0.356 e. The number of carbonyl (C=O) groups is 1. The molecule has 0 saturated heterocycles. The fraction of sp³-hybridized carbons (Fsp3) is 0.938. The number of rotatable bonds is 44. The first-order chi connectivity index (χ1) is 24.8. The fourth-order valence-corrected chi connectivity index (χ4v) is 7.47. The molecule has 0 aromatic carbocycles. The van der Waals surface area contributed by atoms with Crippen LogP contribution in [-0.2, 0) is 4.79 Å². The van der Waals surface area contributed by atoms with Gasteiger partial charge in [-0.1, -0.05) is 251 Å². The molecule has 0 radical (unpaired) electrons. The van der Waals surface area contributed by atoms with Crippen molar-refractivity contribution in [1.29, 1.82) is 0 Å². The van der Waals surface area contributed by atoms with Crippen molar-refractivity contribution in [3.05, 3.63) is 12.2 Å². The molecule has 0 aromatic rings. The van der Waals surface area contributed by atoms with Crippen LogP contribution >= 0.6 is 0 Å². The van der Waals surface area contributed by atoms with Gasteiger partial charge in [0, 0.05) is 13.0 Å². The van der Waals surface area contributed by atoms with E-state index in [1.165, 1.54) is 250 Å². The van der Waals surface area contributed by atoms with E-state index in [2.05, 4.69) is 31.3 Å². The van der Waals surface area contributed by atoms with Crippen LogP contribution in [-0.4, -0.2) is 12.5 Å². The van der Waals surface area contributed by atoms with Crippen molar-refractivity contribution in [2.75, 3.05) is 6.54 Å². The van der Waals surface area contributed by atoms with E-state index in [1.54, 1.807) is 0 Å². The van der Waals surface area contributed by atoms with Crippen LogP contribution in [0.15, 0.2) is 12.2 Å². The molecule has 0 aliphatic carbocycles. The average molecular weight is 702 g/mol. The Morgan fingerprint density at radius 3 is 0.860 bits per heavy atom. The van der Waals surface area contributed by atoms with Crippen molar-refractivity contribution >= 4 is 5.91 Å². The molecule has 0 fully saturated rings. The average Bonchev–Trinajstić information content (AvgIpc) is 3.12. The first-order valence-corrected chi connectivity index (χ1v) is 23.7. The van der Waals surface area contributed by atoms with E-state index in [-0.39, 0.29) is 5.91 Å². The maximum absolute atomic E-state index is 12.1. The summed E-state index contributed by atoms with van der Waals surface area (Å²) in [7, 11) is 0. The Morgan fingerprint density at radius 1 is 0.320 bits per heavy atom. The highest BCUT2D eigenvalue weighted by atomic mass is 16.1. The number of carbonyl (C=O) groups excluding carboxylic acids is 1. The molecular weight excluding hydrogens is 607 g/mol. The zero-order valence-electron chi connectivity index (χ0n) is 35.0. The minimum Gasteiger partial charge on any atom is -0.356 e. The van der Waals surface area contributed by atoms with Gasteiger partial charge in [-0.15, -0.1) is 0 Å². The Kier molecular flexibility index (Phi) is 45.5. The molecule has 0 unspecified atom stereocenters. The molecule has 0 atom stereocenters. The van der Waals surface area contributed by atoms with Gasteiger partial charge in [-0.25, -0.2) is 0 Å². The summed E-state index contributed by atoms with van der Waals surface area (Å²) in [4.78, 5) is 12.1. The van der Waals surface area contributed by atoms with Crippen molar-refractivity contribution in [2.24, 2.45) is 0 Å². The molecule has 0 aliphatic rings. The van der Waals surface area contributed by atoms with Gasteiger partial charge in [0.1, 0.15) is 0 Å². The van der Waals surface area contributed by atoms with Gasteiger partial charge in [-0.05, 0) is 38.5 Å². The number of hydrogen-bond donors (Lipinski definition) is 1. The topological polar surface area (TPSA) is 29.1 Å². The minimum absolute atomic E-state index is 0.279. The molecule has 0 spiro atoms. The summed E-state index contributed by atoms with van der Waals surface area (Å²) in [5.74, 6) is 0.279. The summed E-state index contributed by atoms with van der Waals surface area (Å²) < 4.78 is 0. The highest BCUT2D eigenvalue weighted by Gasteiger charge is 2.01. The molecule has 0 aromatic heterocycles. The fourth-order valence-electron chi connectivity index (χ4n) is 7.47. The predicted octanol–water partition coefficient (Wildman–Crippen LogP) is 17.1. The third kappa shape index (κ3) is 45.2. The van der Waals surface area contributed by atoms with Gasteiger partial charge in [-0.2, -0.15) is 0 Å². The smallest absolute Gasteiger partial charge is 0.219 e. The number of amides is 1. The van der Waals surface area contributed by atoms with Gasteiger partial charge in [0.15, 0.2) is 0 Å². The molecule has 0 bridgehead atoms. The lowest BCUT2D eigenvalue weighted by Crippen LogP contribution is -2.23. The summed E-state index contributed by atoms with van der Waals surface area (Å²) in [5.41, 5.74) is 0.